The molecule has 1 aromatic carbocycles. The Hall–Kier alpha value is -1.20. The number of nitrogens with one attached hydrogen (secondary N) is 1. The summed E-state index contributed by atoms with van der Waals surface area (Å²) in [7, 11) is 0. The number of hydrogen-bond donors (Lipinski definition) is 1. The lowest BCUT2D eigenvalue weighted by molar-refractivity contribution is 0.342. The Bertz CT molecular complexity index is 552. The van der Waals surface area contributed by atoms with Crippen molar-refractivity contribution in [3.05, 3.63) is 46.0 Å². The normalized spacial score (nSPS) is 22.8. The number of aromatic nitrogens is 2. The molecular weight excluding hydrogens is 306 g/mol. The van der Waals surface area contributed by atoms with Crippen LogP contribution in [0.15, 0.2) is 33.3 Å². The summed E-state index contributed by atoms with van der Waals surface area (Å²) in [4.78, 5) is 4.53. The average Bonchev–Trinajstić information content (AvgIpc) is 3.01. The molecule has 1 N–H and O–H groups in total. The van der Waals surface area contributed by atoms with E-state index in [0.29, 0.717) is 18.4 Å². The standard InChI is InChI=1S/C14H16BrN3O/c1-9-12(6-7-16-9)14-17-13(18-19-14)8-10-2-4-11(15)5-3-10/h2-5,9,12,16H,6-8H2,1H3. The molecule has 1 saturated heterocycles. The lowest BCUT2D eigenvalue weighted by Crippen LogP contribution is -2.21. The van der Waals surface area contributed by atoms with Crippen LogP contribution in [-0.2, 0) is 6.42 Å². The molecule has 0 spiro atoms. The Balaban J connectivity index is 1.72. The average molecular weight is 322 g/mol. The van der Waals surface area contributed by atoms with Gasteiger partial charge in [-0.2, -0.15) is 4.98 Å². The topological polar surface area (TPSA) is 51.0 Å². The third kappa shape index (κ3) is 2.87. The molecule has 2 heterocycles. The van der Waals surface area contributed by atoms with Gasteiger partial charge in [0.2, 0.25) is 5.89 Å². The second-order valence-corrected chi connectivity index (χ2v) is 5.91. The van der Waals surface area contributed by atoms with Gasteiger partial charge >= 0.3 is 0 Å². The minimum Gasteiger partial charge on any atom is -0.339 e. The van der Waals surface area contributed by atoms with Gasteiger partial charge in [-0.1, -0.05) is 33.2 Å². The zero-order valence-corrected chi connectivity index (χ0v) is 12.4. The zero-order chi connectivity index (χ0) is 13.2. The second-order valence-electron chi connectivity index (χ2n) is 4.99. The van der Waals surface area contributed by atoms with Crippen LogP contribution in [0.1, 0.15) is 36.5 Å². The lowest BCUT2D eigenvalue weighted by atomic mass is 10.0. The van der Waals surface area contributed by atoms with Gasteiger partial charge in [0.15, 0.2) is 5.82 Å². The lowest BCUT2D eigenvalue weighted by Gasteiger charge is -2.08. The number of hydrogen-bond acceptors (Lipinski definition) is 4. The molecule has 1 fully saturated rings. The van der Waals surface area contributed by atoms with Gasteiger partial charge in [0.25, 0.3) is 0 Å². The van der Waals surface area contributed by atoms with Gasteiger partial charge in [-0.05, 0) is 37.6 Å². The fourth-order valence-corrected chi connectivity index (χ4v) is 2.74. The van der Waals surface area contributed by atoms with E-state index in [1.54, 1.807) is 0 Å². The maximum Gasteiger partial charge on any atom is 0.231 e. The quantitative estimate of drug-likeness (QED) is 0.944. The first kappa shape index (κ1) is 12.8. The van der Waals surface area contributed by atoms with Crippen LogP contribution >= 0.6 is 15.9 Å². The van der Waals surface area contributed by atoms with Crippen LogP contribution < -0.4 is 5.32 Å². The van der Waals surface area contributed by atoms with Crippen LogP contribution in [0.3, 0.4) is 0 Å². The van der Waals surface area contributed by atoms with E-state index in [2.05, 4.69) is 50.4 Å². The minimum absolute atomic E-state index is 0.353. The first-order valence-corrected chi connectivity index (χ1v) is 7.32. The smallest absolute Gasteiger partial charge is 0.231 e. The summed E-state index contributed by atoms with van der Waals surface area (Å²) in [5.41, 5.74) is 1.19. The van der Waals surface area contributed by atoms with Crippen molar-refractivity contribution in [1.82, 2.24) is 15.5 Å². The second kappa shape index (κ2) is 5.43. The molecule has 0 saturated carbocycles. The molecule has 3 rings (SSSR count). The molecule has 100 valence electrons. The summed E-state index contributed by atoms with van der Waals surface area (Å²) in [6.45, 7) is 3.19. The first-order valence-electron chi connectivity index (χ1n) is 6.52. The van der Waals surface area contributed by atoms with Crippen LogP contribution in [0.5, 0.6) is 0 Å². The predicted octanol–water partition coefficient (Wildman–Crippen LogP) is 2.89. The van der Waals surface area contributed by atoms with Crippen LogP contribution in [0.25, 0.3) is 0 Å². The Labute approximate surface area is 120 Å². The molecule has 1 aliphatic rings. The molecule has 0 aliphatic carbocycles. The molecule has 1 aliphatic heterocycles. The Morgan fingerprint density at radius 2 is 2.16 bits per heavy atom. The fraction of sp³-hybridized carbons (Fsp3) is 0.429. The van der Waals surface area contributed by atoms with Gasteiger partial charge < -0.3 is 9.84 Å². The highest BCUT2D eigenvalue weighted by Crippen LogP contribution is 2.26. The maximum absolute atomic E-state index is 5.40. The van der Waals surface area contributed by atoms with Gasteiger partial charge in [0, 0.05) is 16.9 Å². The van der Waals surface area contributed by atoms with Crippen LogP contribution in [0.4, 0.5) is 0 Å². The van der Waals surface area contributed by atoms with E-state index >= 15 is 0 Å². The zero-order valence-electron chi connectivity index (χ0n) is 10.8. The van der Waals surface area contributed by atoms with Gasteiger partial charge in [-0.15, -0.1) is 0 Å². The van der Waals surface area contributed by atoms with E-state index in [1.807, 2.05) is 12.1 Å². The summed E-state index contributed by atoms with van der Waals surface area (Å²) in [5, 5.41) is 7.49. The van der Waals surface area contributed by atoms with Crippen molar-refractivity contribution in [2.24, 2.45) is 0 Å². The summed E-state index contributed by atoms with van der Waals surface area (Å²) in [6, 6.07) is 8.61. The summed E-state index contributed by atoms with van der Waals surface area (Å²) in [5.74, 6) is 1.88. The number of rotatable bonds is 3. The summed E-state index contributed by atoms with van der Waals surface area (Å²) >= 11 is 3.43. The van der Waals surface area contributed by atoms with E-state index in [0.717, 1.165) is 29.2 Å². The molecule has 0 bridgehead atoms. The molecule has 19 heavy (non-hydrogen) atoms. The van der Waals surface area contributed by atoms with Gasteiger partial charge in [-0.3, -0.25) is 0 Å². The highest BCUT2D eigenvalue weighted by molar-refractivity contribution is 9.10. The third-order valence-electron chi connectivity index (χ3n) is 3.60. The SMILES string of the molecule is CC1NCCC1c1nc(Cc2ccc(Br)cc2)no1. The monoisotopic (exact) mass is 321 g/mol. The molecule has 2 aromatic rings. The summed E-state index contributed by atoms with van der Waals surface area (Å²) in [6.07, 6.45) is 1.78. The highest BCUT2D eigenvalue weighted by atomic mass is 79.9. The van der Waals surface area contributed by atoms with E-state index in [1.165, 1.54) is 5.56 Å². The van der Waals surface area contributed by atoms with Crippen molar-refractivity contribution >= 4 is 15.9 Å². The van der Waals surface area contributed by atoms with E-state index in [9.17, 15) is 0 Å². The number of halogens is 1. The minimum atomic E-state index is 0.353. The molecular formula is C14H16BrN3O. The van der Waals surface area contributed by atoms with Crippen molar-refractivity contribution in [2.45, 2.75) is 31.7 Å². The largest absolute Gasteiger partial charge is 0.339 e. The van der Waals surface area contributed by atoms with Crippen molar-refractivity contribution in [1.29, 1.82) is 0 Å². The molecule has 0 radical (unpaired) electrons. The van der Waals surface area contributed by atoms with E-state index in [-0.39, 0.29) is 0 Å². The van der Waals surface area contributed by atoms with Crippen molar-refractivity contribution < 1.29 is 4.52 Å². The summed E-state index contributed by atoms with van der Waals surface area (Å²) < 4.78 is 6.48. The van der Waals surface area contributed by atoms with Crippen LogP contribution in [0, 0.1) is 0 Å². The Morgan fingerprint density at radius 3 is 2.84 bits per heavy atom. The maximum atomic E-state index is 5.40. The first-order chi connectivity index (χ1) is 9.22. The van der Waals surface area contributed by atoms with Crippen LogP contribution in [0.2, 0.25) is 0 Å². The van der Waals surface area contributed by atoms with Crippen LogP contribution in [-0.4, -0.2) is 22.7 Å². The molecule has 2 unspecified atom stereocenters. The number of benzene rings is 1. The van der Waals surface area contributed by atoms with E-state index in [4.69, 9.17) is 4.52 Å². The van der Waals surface area contributed by atoms with Crippen molar-refractivity contribution in [3.8, 4) is 0 Å². The molecule has 0 amide bonds. The van der Waals surface area contributed by atoms with Gasteiger partial charge in [0.1, 0.15) is 0 Å². The number of nitrogens with zero attached hydrogens (tertiary/aromatic N) is 2. The molecule has 4 nitrogen and oxygen atoms in total. The molecule has 5 heteroatoms. The third-order valence-corrected chi connectivity index (χ3v) is 4.13. The van der Waals surface area contributed by atoms with Crippen molar-refractivity contribution in [2.75, 3.05) is 6.54 Å². The fourth-order valence-electron chi connectivity index (χ4n) is 2.47. The molecule has 2 atom stereocenters. The molecule has 1 aromatic heterocycles. The Kier molecular flexibility index (Phi) is 3.66. The highest BCUT2D eigenvalue weighted by Gasteiger charge is 2.29. The van der Waals surface area contributed by atoms with E-state index < -0.39 is 0 Å². The van der Waals surface area contributed by atoms with Gasteiger partial charge in [0.05, 0.1) is 5.92 Å². The van der Waals surface area contributed by atoms with Crippen molar-refractivity contribution in [3.63, 3.8) is 0 Å². The Morgan fingerprint density at radius 1 is 1.37 bits per heavy atom. The van der Waals surface area contributed by atoms with Gasteiger partial charge in [-0.25, -0.2) is 0 Å². The predicted molar refractivity (Wildman–Crippen MR) is 76.1 cm³/mol.